The fourth-order valence-electron chi connectivity index (χ4n) is 1.84. The lowest BCUT2D eigenvalue weighted by Crippen LogP contribution is -2.51. The van der Waals surface area contributed by atoms with Crippen molar-refractivity contribution in [1.29, 1.82) is 0 Å². The van der Waals surface area contributed by atoms with Crippen molar-refractivity contribution in [3.63, 3.8) is 0 Å². The number of carbonyl (C=O) groups excluding carboxylic acids is 1. The molecule has 16 heavy (non-hydrogen) atoms. The van der Waals surface area contributed by atoms with Gasteiger partial charge in [-0.05, 0) is 19.1 Å². The lowest BCUT2D eigenvalue weighted by molar-refractivity contribution is 0.0359. The molecule has 1 aromatic rings. The van der Waals surface area contributed by atoms with Gasteiger partial charge in [-0.3, -0.25) is 4.79 Å². The van der Waals surface area contributed by atoms with Crippen LogP contribution in [0.3, 0.4) is 0 Å². The van der Waals surface area contributed by atoms with Crippen molar-refractivity contribution in [1.82, 2.24) is 4.90 Å². The number of rotatable bonds is 2. The fraction of sp³-hybridized carbons (Fsp3) is 0.417. The van der Waals surface area contributed by atoms with E-state index in [0.29, 0.717) is 18.7 Å². The third-order valence-corrected chi connectivity index (χ3v) is 2.89. The van der Waals surface area contributed by atoms with Crippen LogP contribution in [0.1, 0.15) is 15.9 Å². The van der Waals surface area contributed by atoms with Crippen LogP contribution in [-0.2, 0) is 0 Å². The highest BCUT2D eigenvalue weighted by Gasteiger charge is 2.31. The van der Waals surface area contributed by atoms with E-state index in [4.69, 9.17) is 5.11 Å². The van der Waals surface area contributed by atoms with Crippen molar-refractivity contribution < 1.29 is 15.0 Å². The lowest BCUT2D eigenvalue weighted by atomic mass is 9.99. The second-order valence-electron chi connectivity index (χ2n) is 4.28. The predicted molar refractivity (Wildman–Crippen MR) is 59.3 cm³/mol. The van der Waals surface area contributed by atoms with E-state index >= 15 is 0 Å². The number of aromatic hydroxyl groups is 1. The van der Waals surface area contributed by atoms with E-state index in [1.54, 1.807) is 17.0 Å². The molecule has 0 spiro atoms. The van der Waals surface area contributed by atoms with E-state index in [9.17, 15) is 9.90 Å². The number of aliphatic hydroxyl groups excluding tert-OH is 1. The molecular weight excluding hydrogens is 206 g/mol. The standard InChI is InChI=1S/C12H15NO3/c1-8-2-3-11(15)10(4-8)12(16)13-5-9(6-13)7-14/h2-4,9,14-15H,5-7H2,1H3. The van der Waals surface area contributed by atoms with Gasteiger partial charge in [0.1, 0.15) is 5.75 Å². The Balaban J connectivity index is 2.13. The van der Waals surface area contributed by atoms with Gasteiger partial charge in [0.15, 0.2) is 0 Å². The van der Waals surface area contributed by atoms with Crippen LogP contribution in [0.25, 0.3) is 0 Å². The first kappa shape index (κ1) is 11.0. The number of hydrogen-bond donors (Lipinski definition) is 2. The average molecular weight is 221 g/mol. The van der Waals surface area contributed by atoms with Crippen molar-refractivity contribution in [2.24, 2.45) is 5.92 Å². The van der Waals surface area contributed by atoms with Gasteiger partial charge in [-0.15, -0.1) is 0 Å². The van der Waals surface area contributed by atoms with Gasteiger partial charge in [-0.1, -0.05) is 11.6 Å². The maximum atomic E-state index is 11.9. The van der Waals surface area contributed by atoms with Gasteiger partial charge in [0.2, 0.25) is 0 Å². The maximum Gasteiger partial charge on any atom is 0.257 e. The van der Waals surface area contributed by atoms with E-state index in [1.165, 1.54) is 6.07 Å². The van der Waals surface area contributed by atoms with Crippen LogP contribution in [0, 0.1) is 12.8 Å². The van der Waals surface area contributed by atoms with E-state index < -0.39 is 0 Å². The Kier molecular flexibility index (Phi) is 2.83. The molecule has 86 valence electrons. The molecule has 0 radical (unpaired) electrons. The molecule has 0 unspecified atom stereocenters. The Bertz CT molecular complexity index is 411. The fourth-order valence-corrected chi connectivity index (χ4v) is 1.84. The van der Waals surface area contributed by atoms with Crippen molar-refractivity contribution in [2.45, 2.75) is 6.92 Å². The third-order valence-electron chi connectivity index (χ3n) is 2.89. The largest absolute Gasteiger partial charge is 0.507 e. The normalized spacial score (nSPS) is 16.0. The van der Waals surface area contributed by atoms with Crippen LogP contribution in [0.2, 0.25) is 0 Å². The molecule has 1 aromatic carbocycles. The number of amides is 1. The zero-order chi connectivity index (χ0) is 11.7. The number of phenols is 1. The third kappa shape index (κ3) is 1.88. The molecule has 0 aliphatic carbocycles. The zero-order valence-electron chi connectivity index (χ0n) is 9.18. The van der Waals surface area contributed by atoms with Crippen molar-refractivity contribution in [3.8, 4) is 5.75 Å². The first-order chi connectivity index (χ1) is 7.61. The topological polar surface area (TPSA) is 60.8 Å². The van der Waals surface area contributed by atoms with Gasteiger partial charge in [-0.2, -0.15) is 0 Å². The van der Waals surface area contributed by atoms with E-state index in [-0.39, 0.29) is 24.2 Å². The monoisotopic (exact) mass is 221 g/mol. The van der Waals surface area contributed by atoms with Crippen molar-refractivity contribution in [2.75, 3.05) is 19.7 Å². The summed E-state index contributed by atoms with van der Waals surface area (Å²) < 4.78 is 0. The van der Waals surface area contributed by atoms with Crippen LogP contribution in [0.4, 0.5) is 0 Å². The van der Waals surface area contributed by atoms with Gasteiger partial charge in [0.05, 0.1) is 5.56 Å². The summed E-state index contributed by atoms with van der Waals surface area (Å²) >= 11 is 0. The summed E-state index contributed by atoms with van der Waals surface area (Å²) in [5.74, 6) is 0.0462. The number of phenolic OH excluding ortho intramolecular Hbond substituents is 1. The van der Waals surface area contributed by atoms with Crippen LogP contribution >= 0.6 is 0 Å². The highest BCUT2D eigenvalue weighted by Crippen LogP contribution is 2.24. The molecule has 1 amide bonds. The molecule has 0 atom stereocenters. The highest BCUT2D eigenvalue weighted by molar-refractivity contribution is 5.97. The molecular formula is C12H15NO3. The average Bonchev–Trinajstić information content (AvgIpc) is 2.20. The predicted octanol–water partition coefficient (Wildman–Crippen LogP) is 0.765. The Morgan fingerprint density at radius 3 is 2.81 bits per heavy atom. The molecule has 0 aromatic heterocycles. The summed E-state index contributed by atoms with van der Waals surface area (Å²) in [6.45, 7) is 3.14. The number of aryl methyl sites for hydroxylation is 1. The van der Waals surface area contributed by atoms with E-state index in [2.05, 4.69) is 0 Å². The zero-order valence-corrected chi connectivity index (χ0v) is 9.18. The van der Waals surface area contributed by atoms with Gasteiger partial charge in [0.25, 0.3) is 5.91 Å². The second-order valence-corrected chi connectivity index (χ2v) is 4.28. The summed E-state index contributed by atoms with van der Waals surface area (Å²) in [4.78, 5) is 13.6. The quantitative estimate of drug-likeness (QED) is 0.775. The first-order valence-corrected chi connectivity index (χ1v) is 5.31. The van der Waals surface area contributed by atoms with Crippen molar-refractivity contribution >= 4 is 5.91 Å². The summed E-state index contributed by atoms with van der Waals surface area (Å²) in [7, 11) is 0. The van der Waals surface area contributed by atoms with E-state index in [0.717, 1.165) is 5.56 Å². The lowest BCUT2D eigenvalue weighted by Gasteiger charge is -2.38. The minimum Gasteiger partial charge on any atom is -0.507 e. The molecule has 1 aliphatic heterocycles. The van der Waals surface area contributed by atoms with Crippen LogP contribution in [-0.4, -0.2) is 40.7 Å². The van der Waals surface area contributed by atoms with Gasteiger partial charge in [0, 0.05) is 25.6 Å². The molecule has 4 heteroatoms. The molecule has 4 nitrogen and oxygen atoms in total. The number of hydrogen-bond acceptors (Lipinski definition) is 3. The Hall–Kier alpha value is -1.55. The number of aliphatic hydroxyl groups is 1. The molecule has 2 rings (SSSR count). The second kappa shape index (κ2) is 4.14. The summed E-state index contributed by atoms with van der Waals surface area (Å²) in [6.07, 6.45) is 0. The summed E-state index contributed by atoms with van der Waals surface area (Å²) in [5.41, 5.74) is 1.29. The first-order valence-electron chi connectivity index (χ1n) is 5.31. The molecule has 1 saturated heterocycles. The molecule has 0 saturated carbocycles. The molecule has 1 heterocycles. The number of nitrogens with zero attached hydrogens (tertiary/aromatic N) is 1. The van der Waals surface area contributed by atoms with E-state index in [1.807, 2.05) is 6.92 Å². The van der Waals surface area contributed by atoms with Gasteiger partial charge < -0.3 is 15.1 Å². The van der Waals surface area contributed by atoms with Crippen LogP contribution in [0.15, 0.2) is 18.2 Å². The molecule has 2 N–H and O–H groups in total. The summed E-state index contributed by atoms with van der Waals surface area (Å²) in [5, 5.41) is 18.5. The summed E-state index contributed by atoms with van der Waals surface area (Å²) in [6, 6.07) is 4.98. The maximum absolute atomic E-state index is 11.9. The Labute approximate surface area is 94.1 Å². The Morgan fingerprint density at radius 1 is 1.50 bits per heavy atom. The smallest absolute Gasteiger partial charge is 0.257 e. The minimum absolute atomic E-state index is 0.0167. The van der Waals surface area contributed by atoms with Gasteiger partial charge >= 0.3 is 0 Å². The highest BCUT2D eigenvalue weighted by atomic mass is 16.3. The Morgan fingerprint density at radius 2 is 2.19 bits per heavy atom. The van der Waals surface area contributed by atoms with Crippen molar-refractivity contribution in [3.05, 3.63) is 29.3 Å². The number of likely N-dealkylation sites (tertiary alicyclic amines) is 1. The molecule has 0 bridgehead atoms. The minimum atomic E-state index is -0.161. The SMILES string of the molecule is Cc1ccc(O)c(C(=O)N2CC(CO)C2)c1. The van der Waals surface area contributed by atoms with Crippen LogP contribution in [0.5, 0.6) is 5.75 Å². The number of carbonyl (C=O) groups is 1. The molecule has 1 aliphatic rings. The molecule has 1 fully saturated rings. The van der Waals surface area contributed by atoms with Crippen LogP contribution < -0.4 is 0 Å². The van der Waals surface area contributed by atoms with Gasteiger partial charge in [-0.25, -0.2) is 0 Å². The number of benzene rings is 1.